The second-order valence-electron chi connectivity index (χ2n) is 4.02. The summed E-state index contributed by atoms with van der Waals surface area (Å²) in [4.78, 5) is 14.7. The molecule has 0 radical (unpaired) electrons. The van der Waals surface area contributed by atoms with Crippen LogP contribution < -0.4 is 14.2 Å². The highest BCUT2D eigenvalue weighted by atomic mass is 32.1. The molecule has 1 aromatic carbocycles. The van der Waals surface area contributed by atoms with E-state index in [0.717, 1.165) is 0 Å². The van der Waals surface area contributed by atoms with Crippen molar-refractivity contribution in [2.24, 2.45) is 0 Å². The first-order valence-corrected chi connectivity index (χ1v) is 7.05. The summed E-state index contributed by atoms with van der Waals surface area (Å²) in [6.07, 6.45) is 0.526. The number of aromatic nitrogens is 1. The standard InChI is InChI=1S/C14H15NO5S/c1-18-10-4-3-5-11(13(10)19-2)20-7-6-12-15-9(8-21-12)14(16)17/h3-5,8H,6-7H2,1-2H3,(H,16,17). The Bertz CT molecular complexity index is 626. The third-order valence-electron chi connectivity index (χ3n) is 2.71. The van der Waals surface area contributed by atoms with Gasteiger partial charge in [0, 0.05) is 11.8 Å². The van der Waals surface area contributed by atoms with Crippen LogP contribution >= 0.6 is 11.3 Å². The number of nitrogens with zero attached hydrogens (tertiary/aromatic N) is 1. The first-order chi connectivity index (χ1) is 10.2. The van der Waals surface area contributed by atoms with Gasteiger partial charge in [-0.1, -0.05) is 6.07 Å². The van der Waals surface area contributed by atoms with Crippen molar-refractivity contribution >= 4 is 17.3 Å². The summed E-state index contributed by atoms with van der Waals surface area (Å²) in [5.41, 5.74) is 0.0639. The molecule has 0 fully saturated rings. The first kappa shape index (κ1) is 15.1. The lowest BCUT2D eigenvalue weighted by Gasteiger charge is -2.12. The molecule has 0 atom stereocenters. The van der Waals surface area contributed by atoms with Gasteiger partial charge in [-0.05, 0) is 12.1 Å². The predicted octanol–water partition coefficient (Wildman–Crippen LogP) is 2.48. The summed E-state index contributed by atoms with van der Waals surface area (Å²) >= 11 is 1.30. The van der Waals surface area contributed by atoms with E-state index in [-0.39, 0.29) is 5.69 Å². The molecule has 6 nitrogen and oxygen atoms in total. The molecule has 0 aliphatic rings. The van der Waals surface area contributed by atoms with Crippen LogP contribution in [0.1, 0.15) is 15.5 Å². The van der Waals surface area contributed by atoms with Crippen LogP contribution in [0.25, 0.3) is 0 Å². The Kier molecular flexibility index (Phi) is 4.99. The predicted molar refractivity (Wildman–Crippen MR) is 77.8 cm³/mol. The largest absolute Gasteiger partial charge is 0.493 e. The Morgan fingerprint density at radius 2 is 2.05 bits per heavy atom. The van der Waals surface area contributed by atoms with Crippen molar-refractivity contribution in [3.05, 3.63) is 34.3 Å². The lowest BCUT2D eigenvalue weighted by atomic mass is 10.3. The molecule has 0 spiro atoms. The van der Waals surface area contributed by atoms with E-state index in [1.807, 2.05) is 6.07 Å². The average molecular weight is 309 g/mol. The molecule has 1 N–H and O–H groups in total. The summed E-state index contributed by atoms with van der Waals surface area (Å²) in [5.74, 6) is 0.683. The van der Waals surface area contributed by atoms with Gasteiger partial charge in [0.25, 0.3) is 0 Å². The van der Waals surface area contributed by atoms with Gasteiger partial charge in [-0.3, -0.25) is 0 Å². The second kappa shape index (κ2) is 6.94. The summed E-state index contributed by atoms with van der Waals surface area (Å²) in [7, 11) is 3.11. The second-order valence-corrected chi connectivity index (χ2v) is 4.96. The van der Waals surface area contributed by atoms with Crippen molar-refractivity contribution in [3.8, 4) is 17.2 Å². The molecule has 0 bridgehead atoms. The molecule has 0 saturated heterocycles. The number of para-hydroxylation sites is 1. The molecule has 0 unspecified atom stereocenters. The molecule has 21 heavy (non-hydrogen) atoms. The number of aromatic carboxylic acids is 1. The number of methoxy groups -OCH3 is 2. The summed E-state index contributed by atoms with van der Waals surface area (Å²) in [6.45, 7) is 0.371. The summed E-state index contributed by atoms with van der Waals surface area (Å²) < 4.78 is 16.1. The van der Waals surface area contributed by atoms with Crippen molar-refractivity contribution in [1.29, 1.82) is 0 Å². The number of rotatable bonds is 7. The molecule has 7 heteroatoms. The molecule has 2 aromatic rings. The van der Waals surface area contributed by atoms with Crippen molar-refractivity contribution < 1.29 is 24.1 Å². The number of ether oxygens (including phenoxy) is 3. The van der Waals surface area contributed by atoms with Gasteiger partial charge in [0.15, 0.2) is 17.2 Å². The number of carboxylic acids is 1. The zero-order valence-electron chi connectivity index (χ0n) is 11.7. The minimum atomic E-state index is -1.02. The number of carbonyl (C=O) groups is 1. The van der Waals surface area contributed by atoms with E-state index in [9.17, 15) is 4.79 Å². The van der Waals surface area contributed by atoms with Crippen molar-refractivity contribution in [2.45, 2.75) is 6.42 Å². The molecule has 0 amide bonds. The highest BCUT2D eigenvalue weighted by Crippen LogP contribution is 2.36. The minimum absolute atomic E-state index is 0.0639. The first-order valence-electron chi connectivity index (χ1n) is 6.17. The molecule has 0 saturated carbocycles. The third-order valence-corrected chi connectivity index (χ3v) is 3.62. The van der Waals surface area contributed by atoms with Crippen LogP contribution in [0.15, 0.2) is 23.6 Å². The van der Waals surface area contributed by atoms with E-state index in [1.54, 1.807) is 26.4 Å². The SMILES string of the molecule is COc1cccc(OCCc2nc(C(=O)O)cs2)c1OC. The molecule has 1 heterocycles. The fraction of sp³-hybridized carbons (Fsp3) is 0.286. The maximum absolute atomic E-state index is 10.7. The molecular formula is C14H15NO5S. The normalized spacial score (nSPS) is 10.2. The van der Waals surface area contributed by atoms with E-state index >= 15 is 0 Å². The lowest BCUT2D eigenvalue weighted by molar-refractivity contribution is 0.0691. The molecule has 0 aliphatic carbocycles. The van der Waals surface area contributed by atoms with Crippen LogP contribution in [-0.2, 0) is 6.42 Å². The highest BCUT2D eigenvalue weighted by Gasteiger charge is 2.12. The maximum Gasteiger partial charge on any atom is 0.355 e. The van der Waals surface area contributed by atoms with Gasteiger partial charge in [-0.2, -0.15) is 0 Å². The van der Waals surface area contributed by atoms with Crippen molar-refractivity contribution in [3.63, 3.8) is 0 Å². The summed E-state index contributed by atoms with van der Waals surface area (Å²) in [5, 5.41) is 11.0. The van der Waals surface area contributed by atoms with E-state index in [0.29, 0.717) is 35.3 Å². The van der Waals surface area contributed by atoms with E-state index in [4.69, 9.17) is 19.3 Å². The quantitative estimate of drug-likeness (QED) is 0.846. The Morgan fingerprint density at radius 3 is 2.67 bits per heavy atom. The fourth-order valence-corrected chi connectivity index (χ4v) is 2.50. The van der Waals surface area contributed by atoms with Crippen LogP contribution in [0.3, 0.4) is 0 Å². The zero-order chi connectivity index (χ0) is 15.2. The number of hydrogen-bond acceptors (Lipinski definition) is 6. The van der Waals surface area contributed by atoms with E-state index in [2.05, 4.69) is 4.98 Å². The molecular weight excluding hydrogens is 294 g/mol. The lowest BCUT2D eigenvalue weighted by Crippen LogP contribution is -2.04. The van der Waals surface area contributed by atoms with E-state index in [1.165, 1.54) is 16.7 Å². The average Bonchev–Trinajstić information content (AvgIpc) is 2.96. The molecule has 112 valence electrons. The van der Waals surface area contributed by atoms with Crippen molar-refractivity contribution in [1.82, 2.24) is 4.98 Å². The maximum atomic E-state index is 10.7. The monoisotopic (exact) mass is 309 g/mol. The Labute approximate surface area is 125 Å². The summed E-state index contributed by atoms with van der Waals surface area (Å²) in [6, 6.07) is 5.38. The molecule has 1 aromatic heterocycles. The van der Waals surface area contributed by atoms with Gasteiger partial charge >= 0.3 is 5.97 Å². The van der Waals surface area contributed by atoms with Gasteiger partial charge < -0.3 is 19.3 Å². The highest BCUT2D eigenvalue weighted by molar-refractivity contribution is 7.09. The van der Waals surface area contributed by atoms with Crippen LogP contribution in [0.5, 0.6) is 17.2 Å². The Morgan fingerprint density at radius 1 is 1.29 bits per heavy atom. The zero-order valence-corrected chi connectivity index (χ0v) is 12.5. The topological polar surface area (TPSA) is 77.9 Å². The van der Waals surface area contributed by atoms with Crippen LogP contribution in [0.4, 0.5) is 0 Å². The molecule has 2 rings (SSSR count). The number of carboxylic acid groups (broad SMARTS) is 1. The van der Waals surface area contributed by atoms with Gasteiger partial charge in [0.05, 0.1) is 25.8 Å². The van der Waals surface area contributed by atoms with E-state index < -0.39 is 5.97 Å². The van der Waals surface area contributed by atoms with Gasteiger partial charge in [-0.15, -0.1) is 11.3 Å². The number of benzene rings is 1. The smallest absolute Gasteiger partial charge is 0.355 e. The Hall–Kier alpha value is -2.28. The third kappa shape index (κ3) is 3.63. The van der Waals surface area contributed by atoms with Crippen LogP contribution in [-0.4, -0.2) is 36.9 Å². The minimum Gasteiger partial charge on any atom is -0.493 e. The van der Waals surface area contributed by atoms with Crippen LogP contribution in [0.2, 0.25) is 0 Å². The number of thiazole rings is 1. The van der Waals surface area contributed by atoms with Gasteiger partial charge in [0.2, 0.25) is 5.75 Å². The number of hydrogen-bond donors (Lipinski definition) is 1. The van der Waals surface area contributed by atoms with Crippen molar-refractivity contribution in [2.75, 3.05) is 20.8 Å². The van der Waals surface area contributed by atoms with Gasteiger partial charge in [-0.25, -0.2) is 9.78 Å². The van der Waals surface area contributed by atoms with Gasteiger partial charge in [0.1, 0.15) is 0 Å². The fourth-order valence-electron chi connectivity index (χ4n) is 1.74. The Balaban J connectivity index is 1.98. The van der Waals surface area contributed by atoms with Crippen LogP contribution in [0, 0.1) is 0 Å². The molecule has 0 aliphatic heterocycles.